The molecular formula is C13H16FNO2. The number of anilines is 1. The maximum Gasteiger partial charge on any atom is 0.150 e. The van der Waals surface area contributed by atoms with Crippen molar-refractivity contribution in [3.05, 3.63) is 29.6 Å². The second-order valence-corrected chi connectivity index (χ2v) is 4.85. The summed E-state index contributed by atoms with van der Waals surface area (Å²) >= 11 is 0. The van der Waals surface area contributed by atoms with Gasteiger partial charge in [-0.05, 0) is 38.0 Å². The summed E-state index contributed by atoms with van der Waals surface area (Å²) in [4.78, 5) is 12.4. The van der Waals surface area contributed by atoms with Crippen molar-refractivity contribution in [2.45, 2.75) is 25.4 Å². The Balaban J connectivity index is 2.25. The molecule has 0 aromatic heterocycles. The molecule has 1 saturated heterocycles. The lowest BCUT2D eigenvalue weighted by Crippen LogP contribution is -2.46. The number of rotatable bonds is 2. The summed E-state index contributed by atoms with van der Waals surface area (Å²) in [6.45, 7) is 2.91. The molecule has 0 spiro atoms. The largest absolute Gasteiger partial charge is 0.388 e. The van der Waals surface area contributed by atoms with Crippen LogP contribution in [0.15, 0.2) is 18.2 Å². The van der Waals surface area contributed by atoms with E-state index < -0.39 is 11.4 Å². The van der Waals surface area contributed by atoms with Gasteiger partial charge in [0.15, 0.2) is 0 Å². The van der Waals surface area contributed by atoms with Gasteiger partial charge in [0.25, 0.3) is 0 Å². The first-order valence-corrected chi connectivity index (χ1v) is 5.74. The molecule has 0 saturated carbocycles. The fraction of sp³-hybridized carbons (Fsp3) is 0.462. The number of hydrogen-bond donors (Lipinski definition) is 1. The monoisotopic (exact) mass is 237 g/mol. The predicted molar refractivity (Wildman–Crippen MR) is 63.9 cm³/mol. The molecule has 1 atom stereocenters. The average Bonchev–Trinajstić information content (AvgIpc) is 2.27. The number of benzene rings is 1. The zero-order chi connectivity index (χ0) is 12.5. The molecule has 92 valence electrons. The highest BCUT2D eigenvalue weighted by atomic mass is 19.1. The van der Waals surface area contributed by atoms with Crippen LogP contribution in [-0.4, -0.2) is 30.1 Å². The molecule has 1 unspecified atom stereocenters. The third kappa shape index (κ3) is 2.64. The van der Waals surface area contributed by atoms with Crippen LogP contribution in [0, 0.1) is 5.82 Å². The molecule has 0 bridgehead atoms. The van der Waals surface area contributed by atoms with Crippen LogP contribution >= 0.6 is 0 Å². The predicted octanol–water partition coefficient (Wildman–Crippen LogP) is 1.99. The fourth-order valence-electron chi connectivity index (χ4n) is 2.28. The van der Waals surface area contributed by atoms with Gasteiger partial charge in [-0.2, -0.15) is 0 Å². The highest BCUT2D eigenvalue weighted by Gasteiger charge is 2.29. The molecule has 1 aliphatic rings. The van der Waals surface area contributed by atoms with Crippen molar-refractivity contribution in [2.75, 3.05) is 18.0 Å². The summed E-state index contributed by atoms with van der Waals surface area (Å²) in [5.74, 6) is -0.410. The van der Waals surface area contributed by atoms with Gasteiger partial charge in [-0.1, -0.05) is 0 Å². The zero-order valence-electron chi connectivity index (χ0n) is 9.82. The van der Waals surface area contributed by atoms with Crippen molar-refractivity contribution < 1.29 is 14.3 Å². The molecular weight excluding hydrogens is 221 g/mol. The molecule has 0 aliphatic carbocycles. The van der Waals surface area contributed by atoms with Crippen molar-refractivity contribution in [1.82, 2.24) is 0 Å². The lowest BCUT2D eigenvalue weighted by molar-refractivity contribution is 0.0447. The number of halogens is 1. The summed E-state index contributed by atoms with van der Waals surface area (Å²) in [6, 6.07) is 4.42. The smallest absolute Gasteiger partial charge is 0.150 e. The molecule has 2 rings (SSSR count). The van der Waals surface area contributed by atoms with E-state index in [1.165, 1.54) is 6.07 Å². The second kappa shape index (κ2) is 4.45. The highest BCUT2D eigenvalue weighted by Crippen LogP contribution is 2.27. The molecule has 1 aromatic rings. The van der Waals surface area contributed by atoms with E-state index in [1.54, 1.807) is 19.1 Å². The van der Waals surface area contributed by atoms with Gasteiger partial charge in [0, 0.05) is 18.7 Å². The van der Waals surface area contributed by atoms with Crippen LogP contribution in [0.3, 0.4) is 0 Å². The molecule has 17 heavy (non-hydrogen) atoms. The van der Waals surface area contributed by atoms with E-state index in [0.29, 0.717) is 24.1 Å². The van der Waals surface area contributed by atoms with Gasteiger partial charge in [0.1, 0.15) is 12.1 Å². The first-order valence-electron chi connectivity index (χ1n) is 5.74. The van der Waals surface area contributed by atoms with E-state index in [0.717, 1.165) is 19.4 Å². The number of nitrogens with zero attached hydrogens (tertiary/aromatic N) is 1. The van der Waals surface area contributed by atoms with E-state index in [1.807, 2.05) is 4.90 Å². The van der Waals surface area contributed by atoms with Crippen LogP contribution in [0.5, 0.6) is 0 Å². The van der Waals surface area contributed by atoms with Crippen molar-refractivity contribution in [3.8, 4) is 0 Å². The van der Waals surface area contributed by atoms with Crippen LogP contribution in [0.4, 0.5) is 10.1 Å². The minimum absolute atomic E-state index is 0.329. The normalized spacial score (nSPS) is 24.8. The van der Waals surface area contributed by atoms with Gasteiger partial charge in [0.2, 0.25) is 0 Å². The third-order valence-corrected chi connectivity index (χ3v) is 3.12. The quantitative estimate of drug-likeness (QED) is 0.800. The van der Waals surface area contributed by atoms with E-state index in [9.17, 15) is 14.3 Å². The Hall–Kier alpha value is -1.42. The maximum absolute atomic E-state index is 13.8. The number of piperidine rings is 1. The Morgan fingerprint density at radius 3 is 2.88 bits per heavy atom. The van der Waals surface area contributed by atoms with Gasteiger partial charge >= 0.3 is 0 Å². The number of aliphatic hydroxyl groups is 1. The van der Waals surface area contributed by atoms with Gasteiger partial charge in [-0.25, -0.2) is 4.39 Å². The van der Waals surface area contributed by atoms with E-state index >= 15 is 0 Å². The average molecular weight is 237 g/mol. The van der Waals surface area contributed by atoms with Crippen molar-refractivity contribution in [3.63, 3.8) is 0 Å². The van der Waals surface area contributed by atoms with E-state index in [2.05, 4.69) is 0 Å². The Morgan fingerprint density at radius 1 is 1.53 bits per heavy atom. The van der Waals surface area contributed by atoms with E-state index in [-0.39, 0.29) is 0 Å². The first kappa shape index (κ1) is 12.0. The molecule has 1 heterocycles. The molecule has 1 N–H and O–H groups in total. The molecule has 1 fully saturated rings. The van der Waals surface area contributed by atoms with Gasteiger partial charge in [-0.3, -0.25) is 4.79 Å². The molecule has 4 heteroatoms. The number of aldehydes is 1. The minimum atomic E-state index is -0.770. The Kier molecular flexibility index (Phi) is 3.15. The zero-order valence-corrected chi connectivity index (χ0v) is 9.82. The first-order chi connectivity index (χ1) is 8.02. The number of β-amino-alcohol motifs (C(OH)–C–C–N with tert-alkyl or cyclic N) is 1. The fourth-order valence-corrected chi connectivity index (χ4v) is 2.28. The number of hydrogen-bond acceptors (Lipinski definition) is 3. The lowest BCUT2D eigenvalue weighted by atomic mass is 9.94. The second-order valence-electron chi connectivity index (χ2n) is 4.85. The van der Waals surface area contributed by atoms with Gasteiger partial charge in [-0.15, -0.1) is 0 Å². The number of carbonyl (C=O) groups excluding carboxylic acids is 1. The minimum Gasteiger partial charge on any atom is -0.388 e. The molecule has 1 aliphatic heterocycles. The lowest BCUT2D eigenvalue weighted by Gasteiger charge is -2.38. The van der Waals surface area contributed by atoms with Crippen LogP contribution in [-0.2, 0) is 0 Å². The van der Waals surface area contributed by atoms with Crippen molar-refractivity contribution in [1.29, 1.82) is 0 Å². The standard InChI is InChI=1S/C13H16FNO2/c1-13(17)5-2-6-15(9-13)12-4-3-10(8-16)7-11(12)14/h3-4,7-8,17H,2,5-6,9H2,1H3. The molecule has 0 radical (unpaired) electrons. The summed E-state index contributed by atoms with van der Waals surface area (Å²) in [7, 11) is 0. The van der Waals surface area contributed by atoms with Crippen LogP contribution in [0.2, 0.25) is 0 Å². The topological polar surface area (TPSA) is 40.5 Å². The molecule has 3 nitrogen and oxygen atoms in total. The Labute approximate surface area is 99.9 Å². The van der Waals surface area contributed by atoms with Gasteiger partial charge in [0.05, 0.1) is 11.3 Å². The Bertz CT molecular complexity index is 431. The molecule has 1 aromatic carbocycles. The maximum atomic E-state index is 13.8. The van der Waals surface area contributed by atoms with Crippen molar-refractivity contribution in [2.24, 2.45) is 0 Å². The SMILES string of the molecule is CC1(O)CCCN(c2ccc(C=O)cc2F)C1. The number of carbonyl (C=O) groups is 1. The summed E-state index contributed by atoms with van der Waals surface area (Å²) in [6.07, 6.45) is 2.19. The van der Waals surface area contributed by atoms with Crippen LogP contribution in [0.1, 0.15) is 30.1 Å². The summed E-state index contributed by atoms with van der Waals surface area (Å²) in [5.41, 5.74) is 0.0131. The van der Waals surface area contributed by atoms with Crippen LogP contribution < -0.4 is 4.90 Å². The third-order valence-electron chi connectivity index (χ3n) is 3.12. The highest BCUT2D eigenvalue weighted by molar-refractivity contribution is 5.76. The molecule has 0 amide bonds. The van der Waals surface area contributed by atoms with Crippen molar-refractivity contribution >= 4 is 12.0 Å². The van der Waals surface area contributed by atoms with E-state index in [4.69, 9.17) is 0 Å². The van der Waals surface area contributed by atoms with Crippen LogP contribution in [0.25, 0.3) is 0 Å². The summed E-state index contributed by atoms with van der Waals surface area (Å²) in [5, 5.41) is 9.98. The Morgan fingerprint density at radius 2 is 2.29 bits per heavy atom. The summed E-state index contributed by atoms with van der Waals surface area (Å²) < 4.78 is 13.8. The van der Waals surface area contributed by atoms with Gasteiger partial charge < -0.3 is 10.0 Å².